The van der Waals surface area contributed by atoms with E-state index >= 15 is 0 Å². The summed E-state index contributed by atoms with van der Waals surface area (Å²) in [5, 5.41) is 12.2. The highest BCUT2D eigenvalue weighted by atomic mass is 15.2. The number of nitrogens with one attached hydrogen (secondary N) is 1. The van der Waals surface area contributed by atoms with Crippen molar-refractivity contribution in [2.24, 2.45) is 0 Å². The van der Waals surface area contributed by atoms with Gasteiger partial charge in [0.2, 0.25) is 0 Å². The van der Waals surface area contributed by atoms with Gasteiger partial charge in [0, 0.05) is 24.5 Å². The Morgan fingerprint density at radius 2 is 1.94 bits per heavy atom. The molecule has 0 aliphatic carbocycles. The van der Waals surface area contributed by atoms with E-state index in [2.05, 4.69) is 23.2 Å². The first kappa shape index (κ1) is 12.9. The molecule has 2 bridgehead atoms. The predicted molar refractivity (Wildman–Crippen MR) is 69.7 cm³/mol. The van der Waals surface area contributed by atoms with Gasteiger partial charge in [-0.25, -0.2) is 0 Å². The van der Waals surface area contributed by atoms with E-state index in [-0.39, 0.29) is 0 Å². The minimum absolute atomic E-state index is 0.717. The molecule has 2 atom stereocenters. The largest absolute Gasteiger partial charge is 0.311 e. The molecular formula is C14H25N3. The maximum Gasteiger partial charge on any atom is 0.0621 e. The molecule has 1 N–H and O–H groups in total. The summed E-state index contributed by atoms with van der Waals surface area (Å²) in [6.45, 7) is 4.62. The van der Waals surface area contributed by atoms with Crippen molar-refractivity contribution >= 4 is 0 Å². The molecule has 2 saturated heterocycles. The lowest BCUT2D eigenvalue weighted by Gasteiger charge is -2.37. The average molecular weight is 235 g/mol. The Labute approximate surface area is 105 Å². The van der Waals surface area contributed by atoms with Gasteiger partial charge < -0.3 is 10.2 Å². The monoisotopic (exact) mass is 235 g/mol. The molecular weight excluding hydrogens is 210 g/mol. The van der Waals surface area contributed by atoms with Crippen molar-refractivity contribution in [1.29, 1.82) is 5.26 Å². The second kappa shape index (κ2) is 6.37. The van der Waals surface area contributed by atoms with Gasteiger partial charge in [-0.3, -0.25) is 0 Å². The van der Waals surface area contributed by atoms with Crippen LogP contribution in [-0.2, 0) is 0 Å². The molecule has 2 heterocycles. The molecule has 96 valence electrons. The van der Waals surface area contributed by atoms with Gasteiger partial charge in [0.25, 0.3) is 0 Å². The fourth-order valence-electron chi connectivity index (χ4n) is 3.44. The van der Waals surface area contributed by atoms with Crippen LogP contribution in [0.25, 0.3) is 0 Å². The maximum absolute atomic E-state index is 8.54. The zero-order valence-corrected chi connectivity index (χ0v) is 11.0. The maximum atomic E-state index is 8.54. The fraction of sp³-hybridized carbons (Fsp3) is 0.929. The van der Waals surface area contributed by atoms with Gasteiger partial charge in [0.05, 0.1) is 6.07 Å². The molecule has 2 unspecified atom stereocenters. The Kier molecular flexibility index (Phi) is 4.82. The van der Waals surface area contributed by atoms with E-state index in [0.29, 0.717) is 0 Å². The Bertz CT molecular complexity index is 259. The van der Waals surface area contributed by atoms with Gasteiger partial charge in [0.1, 0.15) is 0 Å². The molecule has 2 fully saturated rings. The molecule has 0 radical (unpaired) electrons. The minimum Gasteiger partial charge on any atom is -0.311 e. The second-order valence-electron chi connectivity index (χ2n) is 5.51. The summed E-state index contributed by atoms with van der Waals surface area (Å²) in [7, 11) is 0. The molecule has 0 aromatic rings. The average Bonchev–Trinajstić information content (AvgIpc) is 2.68. The number of fused-ring (bicyclic) bond motifs is 2. The van der Waals surface area contributed by atoms with Crippen molar-refractivity contribution in [3.05, 3.63) is 0 Å². The molecule has 0 amide bonds. The second-order valence-corrected chi connectivity index (χ2v) is 5.51. The molecule has 3 heteroatoms. The van der Waals surface area contributed by atoms with E-state index in [0.717, 1.165) is 37.5 Å². The molecule has 0 aromatic carbocycles. The molecule has 0 spiro atoms. The fourth-order valence-corrected chi connectivity index (χ4v) is 3.44. The Balaban J connectivity index is 1.76. The number of nitrogens with zero attached hydrogens (tertiary/aromatic N) is 2. The van der Waals surface area contributed by atoms with Crippen LogP contribution >= 0.6 is 0 Å². The van der Waals surface area contributed by atoms with Gasteiger partial charge >= 0.3 is 0 Å². The number of rotatable bonds is 6. The lowest BCUT2D eigenvalue weighted by atomic mass is 9.98. The molecule has 0 saturated carbocycles. The summed E-state index contributed by atoms with van der Waals surface area (Å²) < 4.78 is 0. The first-order valence-electron chi connectivity index (χ1n) is 7.20. The van der Waals surface area contributed by atoms with Crippen LogP contribution in [0.15, 0.2) is 0 Å². The molecule has 0 aromatic heterocycles. The van der Waals surface area contributed by atoms with E-state index in [1.54, 1.807) is 0 Å². The van der Waals surface area contributed by atoms with Crippen LogP contribution in [0.5, 0.6) is 0 Å². The summed E-state index contributed by atoms with van der Waals surface area (Å²) in [5.74, 6) is 0. The van der Waals surface area contributed by atoms with Crippen molar-refractivity contribution < 1.29 is 0 Å². The zero-order valence-electron chi connectivity index (χ0n) is 11.0. The lowest BCUT2D eigenvalue weighted by molar-refractivity contribution is 0.146. The molecule has 2 aliphatic heterocycles. The van der Waals surface area contributed by atoms with Crippen molar-refractivity contribution in [2.45, 2.75) is 70.0 Å². The molecule has 2 rings (SSSR count). The minimum atomic E-state index is 0.717. The Morgan fingerprint density at radius 3 is 2.53 bits per heavy atom. The van der Waals surface area contributed by atoms with E-state index < -0.39 is 0 Å². The lowest BCUT2D eigenvalue weighted by Crippen LogP contribution is -2.48. The number of unbranched alkanes of at least 4 members (excludes halogenated alkanes) is 2. The van der Waals surface area contributed by atoms with Crippen molar-refractivity contribution in [3.63, 3.8) is 0 Å². The van der Waals surface area contributed by atoms with E-state index in [1.807, 2.05) is 0 Å². The predicted octanol–water partition coefficient (Wildman–Crippen LogP) is 2.29. The topological polar surface area (TPSA) is 39.1 Å². The van der Waals surface area contributed by atoms with Crippen molar-refractivity contribution in [1.82, 2.24) is 10.2 Å². The van der Waals surface area contributed by atoms with Gasteiger partial charge in [-0.1, -0.05) is 6.92 Å². The summed E-state index contributed by atoms with van der Waals surface area (Å²) in [6.07, 6.45) is 8.39. The SMILES string of the molecule is CCN(CCCCC#N)C1CC2CCC(C1)N2. The summed E-state index contributed by atoms with van der Waals surface area (Å²) in [6, 6.07) is 4.60. The standard InChI is InChI=1S/C14H25N3/c1-2-17(9-5-3-4-8-15)14-10-12-6-7-13(11-14)16-12/h12-14,16H,2-7,9-11H2,1H3. The van der Waals surface area contributed by atoms with Crippen LogP contribution in [0.2, 0.25) is 0 Å². The van der Waals surface area contributed by atoms with Crippen molar-refractivity contribution in [2.75, 3.05) is 13.1 Å². The quantitative estimate of drug-likeness (QED) is 0.718. The van der Waals surface area contributed by atoms with Crippen LogP contribution in [0.4, 0.5) is 0 Å². The van der Waals surface area contributed by atoms with Crippen LogP contribution in [0.1, 0.15) is 51.9 Å². The van der Waals surface area contributed by atoms with Gasteiger partial charge in [-0.2, -0.15) is 5.26 Å². The van der Waals surface area contributed by atoms with Gasteiger partial charge in [-0.05, 0) is 51.6 Å². The van der Waals surface area contributed by atoms with Crippen LogP contribution in [-0.4, -0.2) is 36.1 Å². The highest BCUT2D eigenvalue weighted by Crippen LogP contribution is 2.29. The summed E-state index contributed by atoms with van der Waals surface area (Å²) in [4.78, 5) is 2.64. The number of piperidine rings is 1. The van der Waals surface area contributed by atoms with Crippen LogP contribution in [0.3, 0.4) is 0 Å². The van der Waals surface area contributed by atoms with E-state index in [9.17, 15) is 0 Å². The zero-order chi connectivity index (χ0) is 12.1. The van der Waals surface area contributed by atoms with Crippen molar-refractivity contribution in [3.8, 4) is 6.07 Å². The molecule has 17 heavy (non-hydrogen) atoms. The first-order valence-corrected chi connectivity index (χ1v) is 7.20. The highest BCUT2D eigenvalue weighted by molar-refractivity contribution is 4.95. The van der Waals surface area contributed by atoms with Crippen LogP contribution in [0, 0.1) is 11.3 Å². The highest BCUT2D eigenvalue weighted by Gasteiger charge is 2.35. The normalized spacial score (nSPS) is 31.7. The number of hydrogen-bond acceptors (Lipinski definition) is 3. The number of nitriles is 1. The van der Waals surface area contributed by atoms with E-state index in [4.69, 9.17) is 5.26 Å². The smallest absolute Gasteiger partial charge is 0.0621 e. The third-order valence-electron chi connectivity index (χ3n) is 4.35. The third kappa shape index (κ3) is 3.43. The van der Waals surface area contributed by atoms with Gasteiger partial charge in [0.15, 0.2) is 0 Å². The van der Waals surface area contributed by atoms with Gasteiger partial charge in [-0.15, -0.1) is 0 Å². The Morgan fingerprint density at radius 1 is 1.24 bits per heavy atom. The molecule has 3 nitrogen and oxygen atoms in total. The summed E-state index contributed by atoms with van der Waals surface area (Å²) in [5.41, 5.74) is 0. The Hall–Kier alpha value is -0.590. The van der Waals surface area contributed by atoms with Crippen LogP contribution < -0.4 is 5.32 Å². The third-order valence-corrected chi connectivity index (χ3v) is 4.35. The summed E-state index contributed by atoms with van der Waals surface area (Å²) >= 11 is 0. The molecule has 2 aliphatic rings. The van der Waals surface area contributed by atoms with E-state index in [1.165, 1.54) is 38.6 Å². The first-order chi connectivity index (χ1) is 8.33. The number of hydrogen-bond donors (Lipinski definition) is 1.